The predicted octanol–water partition coefficient (Wildman–Crippen LogP) is 3.39. The van der Waals surface area contributed by atoms with Gasteiger partial charge in [0.25, 0.3) is 0 Å². The van der Waals surface area contributed by atoms with Crippen molar-refractivity contribution in [2.24, 2.45) is 0 Å². The van der Waals surface area contributed by atoms with E-state index in [1.807, 2.05) is 6.92 Å². The van der Waals surface area contributed by atoms with Crippen molar-refractivity contribution in [3.63, 3.8) is 0 Å². The summed E-state index contributed by atoms with van der Waals surface area (Å²) >= 11 is 3.38. The molecule has 0 saturated carbocycles. The number of amides is 1. The lowest BCUT2D eigenvalue weighted by Gasteiger charge is -2.08. The highest BCUT2D eigenvalue weighted by Crippen LogP contribution is 2.17. The first kappa shape index (κ1) is 13.9. The average Bonchev–Trinajstić information content (AvgIpc) is 2.28. The molecule has 1 aromatic carbocycles. The van der Waals surface area contributed by atoms with Crippen LogP contribution in [0.4, 0.5) is 5.69 Å². The van der Waals surface area contributed by atoms with E-state index in [1.165, 1.54) is 6.92 Å². The largest absolute Gasteiger partial charge is 0.326 e. The minimum Gasteiger partial charge on any atom is -0.326 e. The van der Waals surface area contributed by atoms with Crippen LogP contribution in [0.3, 0.4) is 0 Å². The van der Waals surface area contributed by atoms with E-state index in [4.69, 9.17) is 0 Å². The van der Waals surface area contributed by atoms with Crippen LogP contribution < -0.4 is 5.32 Å². The topological polar surface area (TPSA) is 46.2 Å². The van der Waals surface area contributed by atoms with Crippen LogP contribution >= 0.6 is 15.9 Å². The Morgan fingerprint density at radius 3 is 2.35 bits per heavy atom. The summed E-state index contributed by atoms with van der Waals surface area (Å²) in [5.41, 5.74) is 1.37. The van der Waals surface area contributed by atoms with Crippen LogP contribution in [0.15, 0.2) is 24.3 Å². The molecule has 1 rings (SSSR count). The van der Waals surface area contributed by atoms with E-state index in [-0.39, 0.29) is 16.5 Å². The van der Waals surface area contributed by atoms with Gasteiger partial charge in [-0.25, -0.2) is 0 Å². The molecule has 0 heterocycles. The van der Waals surface area contributed by atoms with Crippen LogP contribution in [0.1, 0.15) is 37.0 Å². The third kappa shape index (κ3) is 4.30. The van der Waals surface area contributed by atoms with E-state index in [9.17, 15) is 9.59 Å². The van der Waals surface area contributed by atoms with Crippen LogP contribution in [0, 0.1) is 0 Å². The minimum atomic E-state index is -0.126. The Morgan fingerprint density at radius 1 is 1.29 bits per heavy atom. The van der Waals surface area contributed by atoms with Gasteiger partial charge in [-0.1, -0.05) is 29.3 Å². The lowest BCUT2D eigenvalue weighted by Crippen LogP contribution is -2.14. The third-order valence-corrected chi connectivity index (χ3v) is 3.19. The molecule has 0 aromatic heterocycles. The minimum absolute atomic E-state index is 0.0845. The summed E-state index contributed by atoms with van der Waals surface area (Å²) < 4.78 is 0. The number of nitrogens with one attached hydrogen (secondary N) is 1. The second-order valence-corrected chi connectivity index (χ2v) is 4.98. The Bertz CT molecular complexity index is 400. The summed E-state index contributed by atoms with van der Waals surface area (Å²) in [6, 6.07) is 6.94. The number of benzene rings is 1. The molecule has 0 fully saturated rings. The van der Waals surface area contributed by atoms with Crippen molar-refractivity contribution >= 4 is 33.3 Å². The second-order valence-electron chi connectivity index (χ2n) is 3.88. The molecule has 1 atom stereocenters. The van der Waals surface area contributed by atoms with Crippen LogP contribution in [0.25, 0.3) is 0 Å². The zero-order valence-electron chi connectivity index (χ0n) is 10.00. The number of carbonyl (C=O) groups excluding carboxylic acids is 2. The molecule has 17 heavy (non-hydrogen) atoms. The maximum Gasteiger partial charge on any atom is 0.221 e. The van der Waals surface area contributed by atoms with Crippen LogP contribution in [-0.4, -0.2) is 16.5 Å². The second kappa shape index (κ2) is 6.55. The number of ketones is 1. The van der Waals surface area contributed by atoms with Gasteiger partial charge >= 0.3 is 0 Å². The molecular weight excluding hydrogens is 282 g/mol. The first-order valence-corrected chi connectivity index (χ1v) is 6.52. The van der Waals surface area contributed by atoms with Crippen molar-refractivity contribution in [2.75, 3.05) is 5.32 Å². The van der Waals surface area contributed by atoms with Crippen LogP contribution in [-0.2, 0) is 4.79 Å². The summed E-state index contributed by atoms with van der Waals surface area (Å²) in [6.07, 6.45) is 1.79. The number of halogens is 1. The molecule has 3 nitrogen and oxygen atoms in total. The van der Waals surface area contributed by atoms with E-state index in [1.54, 1.807) is 24.3 Å². The molecule has 1 aromatic rings. The molecule has 92 valence electrons. The third-order valence-electron chi connectivity index (χ3n) is 2.32. The molecule has 0 aliphatic carbocycles. The number of hydrogen-bond acceptors (Lipinski definition) is 2. The molecule has 0 spiro atoms. The summed E-state index contributed by atoms with van der Waals surface area (Å²) in [6.45, 7) is 3.50. The van der Waals surface area contributed by atoms with E-state index >= 15 is 0 Å². The zero-order valence-corrected chi connectivity index (χ0v) is 11.6. The highest BCUT2D eigenvalue weighted by molar-refractivity contribution is 9.10. The van der Waals surface area contributed by atoms with Gasteiger partial charge < -0.3 is 5.32 Å². The van der Waals surface area contributed by atoms with Crippen molar-refractivity contribution in [1.82, 2.24) is 0 Å². The molecule has 0 radical (unpaired) electrons. The first-order valence-electron chi connectivity index (χ1n) is 5.60. The van der Waals surface area contributed by atoms with Crippen molar-refractivity contribution in [3.05, 3.63) is 29.8 Å². The number of carbonyl (C=O) groups is 2. The fraction of sp³-hybridized carbons (Fsp3) is 0.385. The van der Waals surface area contributed by atoms with Gasteiger partial charge in [0, 0.05) is 18.2 Å². The molecule has 1 unspecified atom stereocenters. The average molecular weight is 298 g/mol. The van der Waals surface area contributed by atoms with Gasteiger partial charge in [-0.05, 0) is 30.7 Å². The Balaban J connectivity index is 2.73. The molecule has 0 saturated heterocycles. The SMILES string of the molecule is CCCC(Br)C(=O)c1ccc(NC(C)=O)cc1. The van der Waals surface area contributed by atoms with Gasteiger partial charge in [0.1, 0.15) is 0 Å². The van der Waals surface area contributed by atoms with Crippen molar-refractivity contribution in [2.45, 2.75) is 31.5 Å². The smallest absolute Gasteiger partial charge is 0.221 e. The van der Waals surface area contributed by atoms with Gasteiger partial charge in [0.2, 0.25) is 5.91 Å². The standard InChI is InChI=1S/C13H16BrNO2/c1-3-4-12(14)13(17)10-5-7-11(8-6-10)15-9(2)16/h5-8,12H,3-4H2,1-2H3,(H,15,16). The number of alkyl halides is 1. The zero-order chi connectivity index (χ0) is 12.8. The summed E-state index contributed by atoms with van der Waals surface area (Å²) in [4.78, 5) is 22.6. The van der Waals surface area contributed by atoms with Crippen molar-refractivity contribution in [3.8, 4) is 0 Å². The van der Waals surface area contributed by atoms with Crippen molar-refractivity contribution in [1.29, 1.82) is 0 Å². The fourth-order valence-electron chi connectivity index (χ4n) is 1.49. The van der Waals surface area contributed by atoms with Gasteiger partial charge in [0.05, 0.1) is 4.83 Å². The van der Waals surface area contributed by atoms with E-state index in [0.717, 1.165) is 12.8 Å². The Kier molecular flexibility index (Phi) is 5.35. The molecule has 0 aliphatic rings. The van der Waals surface area contributed by atoms with Gasteiger partial charge in [-0.2, -0.15) is 0 Å². The molecule has 1 amide bonds. The number of Topliss-reactive ketones (excluding diaryl/α,β-unsaturated/α-hetero) is 1. The first-order chi connectivity index (χ1) is 8.04. The Labute approximate surface area is 110 Å². The van der Waals surface area contributed by atoms with Crippen LogP contribution in [0.2, 0.25) is 0 Å². The maximum absolute atomic E-state index is 11.9. The Hall–Kier alpha value is -1.16. The Morgan fingerprint density at radius 2 is 1.88 bits per heavy atom. The van der Waals surface area contributed by atoms with Gasteiger partial charge in [0.15, 0.2) is 5.78 Å². The summed E-state index contributed by atoms with van der Waals surface area (Å²) in [7, 11) is 0. The molecule has 1 N–H and O–H groups in total. The highest BCUT2D eigenvalue weighted by atomic mass is 79.9. The number of anilines is 1. The maximum atomic E-state index is 11.9. The molecule has 0 bridgehead atoms. The summed E-state index contributed by atoms with van der Waals surface area (Å²) in [5.74, 6) is -0.0327. The quantitative estimate of drug-likeness (QED) is 0.669. The summed E-state index contributed by atoms with van der Waals surface area (Å²) in [5, 5.41) is 2.66. The van der Waals surface area contributed by atoms with E-state index in [2.05, 4.69) is 21.2 Å². The lowest BCUT2D eigenvalue weighted by molar-refractivity contribution is -0.114. The van der Waals surface area contributed by atoms with Crippen LogP contribution in [0.5, 0.6) is 0 Å². The monoisotopic (exact) mass is 297 g/mol. The predicted molar refractivity (Wildman–Crippen MR) is 72.7 cm³/mol. The highest BCUT2D eigenvalue weighted by Gasteiger charge is 2.15. The van der Waals surface area contributed by atoms with E-state index < -0.39 is 0 Å². The molecule has 4 heteroatoms. The molecular formula is C13H16BrNO2. The van der Waals surface area contributed by atoms with E-state index in [0.29, 0.717) is 11.3 Å². The van der Waals surface area contributed by atoms with Gasteiger partial charge in [-0.3, -0.25) is 9.59 Å². The normalized spacial score (nSPS) is 11.9. The molecule has 0 aliphatic heterocycles. The fourth-order valence-corrected chi connectivity index (χ4v) is 2.21. The number of rotatable bonds is 5. The number of hydrogen-bond donors (Lipinski definition) is 1. The lowest BCUT2D eigenvalue weighted by atomic mass is 10.1. The van der Waals surface area contributed by atoms with Crippen molar-refractivity contribution < 1.29 is 9.59 Å². The van der Waals surface area contributed by atoms with Gasteiger partial charge in [-0.15, -0.1) is 0 Å².